The lowest BCUT2D eigenvalue weighted by Gasteiger charge is -2.12. The maximum absolute atomic E-state index is 13.5. The first-order valence-electron chi connectivity index (χ1n) is 10.3. The number of nitrogens with zero attached hydrogens (tertiary/aromatic N) is 2. The van der Waals surface area contributed by atoms with E-state index in [0.29, 0.717) is 23.3 Å². The Kier molecular flexibility index (Phi) is 5.90. The van der Waals surface area contributed by atoms with E-state index in [9.17, 15) is 18.7 Å². The van der Waals surface area contributed by atoms with Crippen molar-refractivity contribution < 1.29 is 18.7 Å². The van der Waals surface area contributed by atoms with Crippen LogP contribution in [0, 0.1) is 11.6 Å². The molecule has 0 fully saturated rings. The van der Waals surface area contributed by atoms with Gasteiger partial charge in [0.15, 0.2) is 17.4 Å². The average molecular weight is 435 g/mol. The second kappa shape index (κ2) is 8.78. The summed E-state index contributed by atoms with van der Waals surface area (Å²) in [7, 11) is 0. The molecule has 1 amide bonds. The van der Waals surface area contributed by atoms with E-state index in [1.807, 2.05) is 44.2 Å². The molecule has 2 aromatic heterocycles. The van der Waals surface area contributed by atoms with Gasteiger partial charge in [-0.05, 0) is 34.7 Å². The first kappa shape index (κ1) is 21.5. The Labute approximate surface area is 184 Å². The molecule has 0 radical (unpaired) electrons. The van der Waals surface area contributed by atoms with Crippen LogP contribution in [-0.2, 0) is 13.0 Å². The summed E-state index contributed by atoms with van der Waals surface area (Å²) in [6, 6.07) is 13.4. The molecule has 2 heterocycles. The van der Waals surface area contributed by atoms with Crippen molar-refractivity contribution in [2.75, 3.05) is 0 Å². The highest BCUT2D eigenvalue weighted by Gasteiger charge is 2.26. The van der Waals surface area contributed by atoms with Crippen LogP contribution in [0.3, 0.4) is 0 Å². The third kappa shape index (κ3) is 4.19. The molecule has 0 aliphatic heterocycles. The standard InChI is InChI=1S/C25H23F2N3O2/c1-15(2)22-19(10-16-6-4-3-5-7-16)24-28-13-18(31)14-30(24)23(22)25(32)29-12-17-8-9-20(26)21(27)11-17/h3-9,11,13-15,31H,10,12H2,1-2H3,(H,29,32). The fourth-order valence-electron chi connectivity index (χ4n) is 3.95. The van der Waals surface area contributed by atoms with Crippen LogP contribution in [0.15, 0.2) is 60.9 Å². The van der Waals surface area contributed by atoms with Crippen molar-refractivity contribution in [1.82, 2.24) is 14.7 Å². The maximum Gasteiger partial charge on any atom is 0.268 e. The number of aromatic nitrogens is 2. The van der Waals surface area contributed by atoms with Crippen molar-refractivity contribution in [3.8, 4) is 5.75 Å². The van der Waals surface area contributed by atoms with Gasteiger partial charge in [-0.2, -0.15) is 0 Å². The lowest BCUT2D eigenvalue weighted by molar-refractivity contribution is 0.0943. The van der Waals surface area contributed by atoms with E-state index in [-0.39, 0.29) is 24.1 Å². The molecule has 0 saturated heterocycles. The van der Waals surface area contributed by atoms with Gasteiger partial charge in [0, 0.05) is 18.5 Å². The van der Waals surface area contributed by atoms with Crippen LogP contribution in [0.1, 0.15) is 52.5 Å². The zero-order valence-electron chi connectivity index (χ0n) is 17.8. The predicted octanol–water partition coefficient (Wildman–Crippen LogP) is 4.96. The van der Waals surface area contributed by atoms with Gasteiger partial charge in [0.2, 0.25) is 0 Å². The number of hydrogen-bond donors (Lipinski definition) is 2. The predicted molar refractivity (Wildman–Crippen MR) is 118 cm³/mol. The SMILES string of the molecule is CC(C)c1c(Cc2ccccc2)c2ncc(O)cn2c1C(=O)NCc1ccc(F)c(F)c1. The summed E-state index contributed by atoms with van der Waals surface area (Å²) in [6.07, 6.45) is 3.40. The second-order valence-corrected chi connectivity index (χ2v) is 7.99. The zero-order chi connectivity index (χ0) is 22.8. The average Bonchev–Trinajstić information content (AvgIpc) is 3.08. The Morgan fingerprint density at radius 3 is 2.53 bits per heavy atom. The van der Waals surface area contributed by atoms with Gasteiger partial charge >= 0.3 is 0 Å². The minimum absolute atomic E-state index is 0.00145. The van der Waals surface area contributed by atoms with E-state index in [1.54, 1.807) is 4.40 Å². The lowest BCUT2D eigenvalue weighted by atomic mass is 9.94. The van der Waals surface area contributed by atoms with Gasteiger partial charge < -0.3 is 10.4 Å². The van der Waals surface area contributed by atoms with Gasteiger partial charge in [0.05, 0.1) is 12.4 Å². The summed E-state index contributed by atoms with van der Waals surface area (Å²) >= 11 is 0. The first-order valence-corrected chi connectivity index (χ1v) is 10.3. The molecule has 0 saturated carbocycles. The first-order chi connectivity index (χ1) is 15.3. The number of nitrogens with one attached hydrogen (secondary N) is 1. The smallest absolute Gasteiger partial charge is 0.268 e. The topological polar surface area (TPSA) is 66.6 Å². The molecule has 164 valence electrons. The van der Waals surface area contributed by atoms with Gasteiger partial charge in [0.25, 0.3) is 5.91 Å². The summed E-state index contributed by atoms with van der Waals surface area (Å²) in [5, 5.41) is 12.8. The van der Waals surface area contributed by atoms with E-state index in [4.69, 9.17) is 0 Å². The lowest BCUT2D eigenvalue weighted by Crippen LogP contribution is -2.25. The van der Waals surface area contributed by atoms with Gasteiger partial charge in [0.1, 0.15) is 11.3 Å². The number of benzene rings is 2. The van der Waals surface area contributed by atoms with Crippen molar-refractivity contribution in [2.24, 2.45) is 0 Å². The second-order valence-electron chi connectivity index (χ2n) is 7.99. The summed E-state index contributed by atoms with van der Waals surface area (Å²) < 4.78 is 28.3. The Hall–Kier alpha value is -3.74. The van der Waals surface area contributed by atoms with Crippen LogP contribution in [0.2, 0.25) is 0 Å². The number of carbonyl (C=O) groups is 1. The Balaban J connectivity index is 1.76. The molecule has 4 rings (SSSR count). The normalized spacial score (nSPS) is 11.3. The van der Waals surface area contributed by atoms with Crippen LogP contribution in [0.25, 0.3) is 5.65 Å². The largest absolute Gasteiger partial charge is 0.505 e. The number of fused-ring (bicyclic) bond motifs is 1. The van der Waals surface area contributed by atoms with Crippen molar-refractivity contribution in [2.45, 2.75) is 32.7 Å². The number of halogens is 2. The summed E-state index contributed by atoms with van der Waals surface area (Å²) in [4.78, 5) is 17.7. The van der Waals surface area contributed by atoms with E-state index in [0.717, 1.165) is 28.8 Å². The fourth-order valence-corrected chi connectivity index (χ4v) is 3.95. The highest BCUT2D eigenvalue weighted by molar-refractivity contribution is 5.96. The molecule has 0 bridgehead atoms. The van der Waals surface area contributed by atoms with E-state index < -0.39 is 11.6 Å². The number of rotatable bonds is 6. The Bertz CT molecular complexity index is 1280. The van der Waals surface area contributed by atoms with Gasteiger partial charge in [-0.1, -0.05) is 50.2 Å². The highest BCUT2D eigenvalue weighted by atomic mass is 19.2. The number of hydrogen-bond acceptors (Lipinski definition) is 3. The molecule has 0 aliphatic rings. The van der Waals surface area contributed by atoms with Gasteiger partial charge in [-0.3, -0.25) is 9.20 Å². The summed E-state index contributed by atoms with van der Waals surface area (Å²) in [5.74, 6) is -2.36. The van der Waals surface area contributed by atoms with Crippen molar-refractivity contribution in [1.29, 1.82) is 0 Å². The third-order valence-electron chi connectivity index (χ3n) is 5.35. The quantitative estimate of drug-likeness (QED) is 0.450. The molecule has 5 nitrogen and oxygen atoms in total. The number of carbonyl (C=O) groups excluding carboxylic acids is 1. The van der Waals surface area contributed by atoms with Crippen LogP contribution in [-0.4, -0.2) is 20.4 Å². The van der Waals surface area contributed by atoms with Gasteiger partial charge in [-0.25, -0.2) is 13.8 Å². The number of amides is 1. The van der Waals surface area contributed by atoms with Crippen LogP contribution >= 0.6 is 0 Å². The minimum Gasteiger partial charge on any atom is -0.505 e. The summed E-state index contributed by atoms with van der Waals surface area (Å²) in [5.41, 5.74) is 4.21. The molecular weight excluding hydrogens is 412 g/mol. The molecule has 0 spiro atoms. The van der Waals surface area contributed by atoms with E-state index in [1.165, 1.54) is 18.5 Å². The molecule has 2 N–H and O–H groups in total. The van der Waals surface area contributed by atoms with Gasteiger partial charge in [-0.15, -0.1) is 0 Å². The van der Waals surface area contributed by atoms with Crippen LogP contribution in [0.4, 0.5) is 8.78 Å². The number of aromatic hydroxyl groups is 1. The molecule has 4 aromatic rings. The van der Waals surface area contributed by atoms with E-state index in [2.05, 4.69) is 10.3 Å². The molecule has 2 aromatic carbocycles. The highest BCUT2D eigenvalue weighted by Crippen LogP contribution is 2.32. The molecule has 32 heavy (non-hydrogen) atoms. The molecule has 7 heteroatoms. The van der Waals surface area contributed by atoms with E-state index >= 15 is 0 Å². The van der Waals surface area contributed by atoms with Crippen molar-refractivity contribution in [3.05, 3.63) is 101 Å². The maximum atomic E-state index is 13.5. The minimum atomic E-state index is -0.966. The zero-order valence-corrected chi connectivity index (χ0v) is 17.8. The summed E-state index contributed by atoms with van der Waals surface area (Å²) in [6.45, 7) is 4.02. The molecule has 0 aliphatic carbocycles. The Morgan fingerprint density at radius 2 is 1.84 bits per heavy atom. The van der Waals surface area contributed by atoms with Crippen LogP contribution < -0.4 is 5.32 Å². The van der Waals surface area contributed by atoms with Crippen LogP contribution in [0.5, 0.6) is 5.75 Å². The fraction of sp³-hybridized carbons (Fsp3) is 0.200. The monoisotopic (exact) mass is 435 g/mol. The Morgan fingerprint density at radius 1 is 1.09 bits per heavy atom. The van der Waals surface area contributed by atoms with Crippen molar-refractivity contribution >= 4 is 11.6 Å². The molecule has 0 unspecified atom stereocenters. The molecular formula is C25H23F2N3O2. The van der Waals surface area contributed by atoms with Crippen molar-refractivity contribution in [3.63, 3.8) is 0 Å². The third-order valence-corrected chi connectivity index (χ3v) is 5.35. The molecule has 0 atom stereocenters.